The molecular weight excluding hydrogens is 440 g/mol. The van der Waals surface area contributed by atoms with Gasteiger partial charge in [0.05, 0.1) is 17.9 Å². The van der Waals surface area contributed by atoms with E-state index in [9.17, 15) is 13.6 Å². The van der Waals surface area contributed by atoms with E-state index in [1.165, 1.54) is 30.5 Å². The Balaban J connectivity index is 1.15. The van der Waals surface area contributed by atoms with Crippen LogP contribution in [0.25, 0.3) is 11.3 Å². The van der Waals surface area contributed by atoms with Crippen molar-refractivity contribution in [2.75, 3.05) is 19.9 Å². The van der Waals surface area contributed by atoms with Crippen molar-refractivity contribution >= 4 is 5.91 Å². The van der Waals surface area contributed by atoms with Gasteiger partial charge in [-0.25, -0.2) is 8.78 Å². The van der Waals surface area contributed by atoms with Gasteiger partial charge in [-0.1, -0.05) is 12.1 Å². The maximum atomic E-state index is 14.0. The number of rotatable bonds is 5. The van der Waals surface area contributed by atoms with Crippen LogP contribution in [0, 0.1) is 11.6 Å². The van der Waals surface area contributed by atoms with Crippen LogP contribution >= 0.6 is 0 Å². The number of carbonyl (C=O) groups is 1. The van der Waals surface area contributed by atoms with Crippen molar-refractivity contribution in [3.63, 3.8) is 0 Å². The summed E-state index contributed by atoms with van der Waals surface area (Å²) in [6.45, 7) is 2.68. The summed E-state index contributed by atoms with van der Waals surface area (Å²) in [4.78, 5) is 19.3. The van der Waals surface area contributed by atoms with Crippen molar-refractivity contribution < 1.29 is 23.0 Å². The Morgan fingerprint density at radius 1 is 1.09 bits per heavy atom. The number of nitrogens with zero attached hydrogens (tertiary/aromatic N) is 2. The van der Waals surface area contributed by atoms with Crippen LogP contribution < -0.4 is 10.1 Å². The molecule has 1 fully saturated rings. The van der Waals surface area contributed by atoms with Gasteiger partial charge in [-0.15, -0.1) is 0 Å². The third kappa shape index (κ3) is 5.08. The van der Waals surface area contributed by atoms with Crippen LogP contribution in [0.5, 0.6) is 5.75 Å². The molecule has 1 N–H and O–H groups in total. The molecule has 2 aliphatic heterocycles. The van der Waals surface area contributed by atoms with Gasteiger partial charge in [-0.3, -0.25) is 14.7 Å². The Hall–Kier alpha value is -3.36. The van der Waals surface area contributed by atoms with E-state index in [0.29, 0.717) is 30.0 Å². The first-order valence-corrected chi connectivity index (χ1v) is 11.3. The van der Waals surface area contributed by atoms with E-state index in [-0.39, 0.29) is 30.4 Å². The summed E-state index contributed by atoms with van der Waals surface area (Å²) in [6, 6.07) is 12.7. The maximum Gasteiger partial charge on any atom is 0.253 e. The van der Waals surface area contributed by atoms with E-state index in [1.54, 1.807) is 24.3 Å². The van der Waals surface area contributed by atoms with Gasteiger partial charge in [0.1, 0.15) is 17.4 Å². The monoisotopic (exact) mass is 465 g/mol. The Kier molecular flexibility index (Phi) is 6.51. The standard InChI is InChI=1S/C26H25F2N3O3/c27-21-3-1-2-17(10-21)24-5-4-18(13-29-24)26(32)30-23-6-8-31(9-7-23)14-19-11-22(28)12-20-15-33-16-34-25(19)20/h1-5,10-13,23H,6-9,14-16H2,(H,30,32). The Labute approximate surface area is 196 Å². The van der Waals surface area contributed by atoms with Crippen LogP contribution in [0.15, 0.2) is 54.7 Å². The normalized spacial score (nSPS) is 16.5. The largest absolute Gasteiger partial charge is 0.467 e. The maximum absolute atomic E-state index is 14.0. The number of nitrogens with one attached hydrogen (secondary N) is 1. The lowest BCUT2D eigenvalue weighted by Gasteiger charge is -2.33. The second-order valence-electron chi connectivity index (χ2n) is 8.63. The molecule has 0 atom stereocenters. The van der Waals surface area contributed by atoms with Crippen molar-refractivity contribution in [3.8, 4) is 17.0 Å². The highest BCUT2D eigenvalue weighted by Crippen LogP contribution is 2.31. The van der Waals surface area contributed by atoms with Gasteiger partial charge >= 0.3 is 0 Å². The van der Waals surface area contributed by atoms with E-state index in [0.717, 1.165) is 42.8 Å². The summed E-state index contributed by atoms with van der Waals surface area (Å²) < 4.78 is 38.3. The summed E-state index contributed by atoms with van der Waals surface area (Å²) in [5, 5.41) is 3.08. The second-order valence-corrected chi connectivity index (χ2v) is 8.63. The molecule has 34 heavy (non-hydrogen) atoms. The molecule has 0 spiro atoms. The number of likely N-dealkylation sites (tertiary alicyclic amines) is 1. The predicted octanol–water partition coefficient (Wildman–Crippen LogP) is 4.29. The molecule has 3 aromatic rings. The molecule has 8 heteroatoms. The van der Waals surface area contributed by atoms with Crippen LogP contribution in [0.3, 0.4) is 0 Å². The molecule has 2 aliphatic rings. The fourth-order valence-corrected chi connectivity index (χ4v) is 4.47. The van der Waals surface area contributed by atoms with E-state index < -0.39 is 0 Å². The van der Waals surface area contributed by atoms with Crippen LogP contribution in [0.1, 0.15) is 34.3 Å². The Morgan fingerprint density at radius 3 is 2.71 bits per heavy atom. The molecule has 0 saturated carbocycles. The molecule has 1 aromatic heterocycles. The molecule has 1 amide bonds. The average molecular weight is 466 g/mol. The summed E-state index contributed by atoms with van der Waals surface area (Å²) >= 11 is 0. The zero-order valence-electron chi connectivity index (χ0n) is 18.6. The van der Waals surface area contributed by atoms with Crippen molar-refractivity contribution in [3.05, 3.63) is 83.1 Å². The number of benzene rings is 2. The molecule has 1 saturated heterocycles. The van der Waals surface area contributed by atoms with E-state index >= 15 is 0 Å². The number of fused-ring (bicyclic) bond motifs is 1. The molecule has 0 unspecified atom stereocenters. The molecule has 0 aliphatic carbocycles. The lowest BCUT2D eigenvalue weighted by atomic mass is 10.0. The van der Waals surface area contributed by atoms with Crippen LogP contribution in [-0.4, -0.2) is 41.7 Å². The summed E-state index contributed by atoms with van der Waals surface area (Å²) in [6.07, 6.45) is 3.10. The molecule has 0 radical (unpaired) electrons. The second kappa shape index (κ2) is 9.87. The fraction of sp³-hybridized carbons (Fsp3) is 0.308. The Morgan fingerprint density at radius 2 is 1.94 bits per heavy atom. The van der Waals surface area contributed by atoms with Crippen molar-refractivity contribution in [2.24, 2.45) is 0 Å². The predicted molar refractivity (Wildman–Crippen MR) is 122 cm³/mol. The van der Waals surface area contributed by atoms with Crippen molar-refractivity contribution in [1.82, 2.24) is 15.2 Å². The van der Waals surface area contributed by atoms with Gasteiger partial charge in [0, 0.05) is 48.6 Å². The third-order valence-corrected chi connectivity index (χ3v) is 6.21. The van der Waals surface area contributed by atoms with E-state index in [1.807, 2.05) is 0 Å². The van der Waals surface area contributed by atoms with Crippen molar-refractivity contribution in [1.29, 1.82) is 0 Å². The number of piperidine rings is 1. The van der Waals surface area contributed by atoms with Crippen LogP contribution in [0.2, 0.25) is 0 Å². The molecule has 0 bridgehead atoms. The van der Waals surface area contributed by atoms with Gasteiger partial charge in [0.15, 0.2) is 6.79 Å². The minimum atomic E-state index is -0.328. The highest BCUT2D eigenvalue weighted by molar-refractivity contribution is 5.94. The van der Waals surface area contributed by atoms with Crippen LogP contribution in [-0.2, 0) is 17.9 Å². The third-order valence-electron chi connectivity index (χ3n) is 6.21. The first-order chi connectivity index (χ1) is 16.5. The highest BCUT2D eigenvalue weighted by atomic mass is 19.1. The average Bonchev–Trinajstić information content (AvgIpc) is 2.85. The number of ether oxygens (including phenoxy) is 2. The van der Waals surface area contributed by atoms with Crippen LogP contribution in [0.4, 0.5) is 8.78 Å². The number of halogens is 2. The van der Waals surface area contributed by atoms with Gasteiger partial charge < -0.3 is 14.8 Å². The van der Waals surface area contributed by atoms with E-state index in [2.05, 4.69) is 15.2 Å². The van der Waals surface area contributed by atoms with Gasteiger partial charge in [-0.2, -0.15) is 0 Å². The fourth-order valence-electron chi connectivity index (χ4n) is 4.47. The summed E-state index contributed by atoms with van der Waals surface area (Å²) in [5.74, 6) is -0.0741. The number of hydrogen-bond donors (Lipinski definition) is 1. The number of carbonyl (C=O) groups excluding carboxylic acids is 1. The first-order valence-electron chi connectivity index (χ1n) is 11.3. The molecular formula is C26H25F2N3O3. The highest BCUT2D eigenvalue weighted by Gasteiger charge is 2.24. The van der Waals surface area contributed by atoms with Gasteiger partial charge in [0.2, 0.25) is 0 Å². The number of amides is 1. The Bertz CT molecular complexity index is 1180. The van der Waals surface area contributed by atoms with Crippen molar-refractivity contribution in [2.45, 2.75) is 32.0 Å². The summed E-state index contributed by atoms with van der Waals surface area (Å²) in [7, 11) is 0. The molecule has 176 valence electrons. The smallest absolute Gasteiger partial charge is 0.253 e. The molecule has 2 aromatic carbocycles. The quantitative estimate of drug-likeness (QED) is 0.609. The first kappa shape index (κ1) is 22.4. The molecule has 3 heterocycles. The minimum absolute atomic E-state index is 0.0534. The lowest BCUT2D eigenvalue weighted by Crippen LogP contribution is -2.44. The zero-order valence-corrected chi connectivity index (χ0v) is 18.6. The lowest BCUT2D eigenvalue weighted by molar-refractivity contribution is -0.0177. The summed E-state index contributed by atoms with van der Waals surface area (Å²) in [5.41, 5.74) is 3.30. The topological polar surface area (TPSA) is 63.7 Å². The molecule has 6 nitrogen and oxygen atoms in total. The van der Waals surface area contributed by atoms with E-state index in [4.69, 9.17) is 9.47 Å². The van der Waals surface area contributed by atoms with Gasteiger partial charge in [-0.05, 0) is 49.2 Å². The molecule has 5 rings (SSSR count). The zero-order chi connectivity index (χ0) is 23.5. The number of pyridine rings is 1. The number of hydrogen-bond acceptors (Lipinski definition) is 5. The SMILES string of the molecule is O=C(NC1CCN(Cc2cc(F)cc3c2OCOC3)CC1)c1ccc(-c2cccc(F)c2)nc1. The minimum Gasteiger partial charge on any atom is -0.467 e. The number of aromatic nitrogens is 1. The van der Waals surface area contributed by atoms with Gasteiger partial charge in [0.25, 0.3) is 5.91 Å².